The van der Waals surface area contributed by atoms with Crippen LogP contribution < -0.4 is 4.74 Å². The zero-order valence-corrected chi connectivity index (χ0v) is 27.3. The molecule has 6 aromatic carbocycles. The number of allylic oxidation sites excluding steroid dienone is 4. The molecule has 3 nitrogen and oxygen atoms in total. The van der Waals surface area contributed by atoms with Gasteiger partial charge in [-0.3, -0.25) is 0 Å². The number of ether oxygens (including phenoxy) is 1. The van der Waals surface area contributed by atoms with Crippen LogP contribution in [0.3, 0.4) is 0 Å². The number of para-hydroxylation sites is 2. The standard InChI is InChI=1S/C43H29BrN2O/c1-26-36(46-37-13-7-5-11-31(37)32-12-6-8-14-38(32)46)21-22-41-43(26)35-24-34-33-23-29(44)17-20-39(33)45(40(34)25-42(35)47-41)30-18-15-28(16-19-30)27-9-3-2-4-10-27/h2-26,43H,1H3. The number of aromatic nitrogens is 2. The molecule has 0 amide bonds. The summed E-state index contributed by atoms with van der Waals surface area (Å²) < 4.78 is 12.6. The van der Waals surface area contributed by atoms with Gasteiger partial charge in [0.1, 0.15) is 11.5 Å². The van der Waals surface area contributed by atoms with Gasteiger partial charge in [-0.1, -0.05) is 102 Å². The van der Waals surface area contributed by atoms with E-state index in [4.69, 9.17) is 4.74 Å². The number of hydrogen-bond acceptors (Lipinski definition) is 1. The van der Waals surface area contributed by atoms with Crippen LogP contribution in [0.15, 0.2) is 156 Å². The van der Waals surface area contributed by atoms with E-state index in [2.05, 4.69) is 178 Å². The van der Waals surface area contributed by atoms with Crippen molar-refractivity contribution in [1.82, 2.24) is 9.13 Å². The van der Waals surface area contributed by atoms with E-state index in [0.29, 0.717) is 0 Å². The first kappa shape index (κ1) is 26.9. The molecule has 0 bridgehead atoms. The monoisotopic (exact) mass is 668 g/mol. The Morgan fingerprint density at radius 1 is 0.553 bits per heavy atom. The molecular formula is C43H29BrN2O. The topological polar surface area (TPSA) is 19.1 Å². The van der Waals surface area contributed by atoms with Crippen LogP contribution in [0.5, 0.6) is 5.75 Å². The first-order valence-corrected chi connectivity index (χ1v) is 16.9. The summed E-state index contributed by atoms with van der Waals surface area (Å²) >= 11 is 3.76. The number of rotatable bonds is 3. The Morgan fingerprint density at radius 3 is 1.94 bits per heavy atom. The first-order valence-electron chi connectivity index (χ1n) is 16.2. The zero-order chi connectivity index (χ0) is 31.2. The molecule has 0 saturated heterocycles. The van der Waals surface area contributed by atoms with Crippen molar-refractivity contribution >= 4 is 65.2 Å². The van der Waals surface area contributed by atoms with Crippen molar-refractivity contribution in [2.24, 2.45) is 5.92 Å². The second kappa shape index (κ2) is 10.1. The van der Waals surface area contributed by atoms with Crippen molar-refractivity contribution in [2.75, 3.05) is 0 Å². The average molecular weight is 670 g/mol. The molecule has 0 spiro atoms. The average Bonchev–Trinajstić information content (AvgIpc) is 3.75. The molecule has 1 aliphatic heterocycles. The van der Waals surface area contributed by atoms with Gasteiger partial charge >= 0.3 is 0 Å². The van der Waals surface area contributed by atoms with Crippen LogP contribution in [-0.2, 0) is 0 Å². The number of fused-ring (bicyclic) bond motifs is 9. The molecule has 0 saturated carbocycles. The van der Waals surface area contributed by atoms with E-state index in [1.807, 2.05) is 0 Å². The molecule has 0 N–H and O–H groups in total. The molecule has 0 fully saturated rings. The second-order valence-corrected chi connectivity index (χ2v) is 13.6. The summed E-state index contributed by atoms with van der Waals surface area (Å²) in [7, 11) is 0. The van der Waals surface area contributed by atoms with Gasteiger partial charge in [-0.15, -0.1) is 0 Å². The maximum atomic E-state index is 6.70. The minimum Gasteiger partial charge on any atom is -0.461 e. The highest BCUT2D eigenvalue weighted by Gasteiger charge is 2.39. The highest BCUT2D eigenvalue weighted by atomic mass is 79.9. The number of benzene rings is 6. The van der Waals surface area contributed by atoms with Gasteiger partial charge in [-0.25, -0.2) is 0 Å². The maximum absolute atomic E-state index is 6.70. The summed E-state index contributed by atoms with van der Waals surface area (Å²) in [5.74, 6) is 2.30. The third-order valence-electron chi connectivity index (χ3n) is 10.2. The third-order valence-corrected chi connectivity index (χ3v) is 10.7. The third kappa shape index (κ3) is 3.92. The van der Waals surface area contributed by atoms with Gasteiger partial charge < -0.3 is 13.9 Å². The van der Waals surface area contributed by atoms with E-state index < -0.39 is 0 Å². The van der Waals surface area contributed by atoms with Gasteiger partial charge in [0.15, 0.2) is 0 Å². The fourth-order valence-electron chi connectivity index (χ4n) is 8.04. The van der Waals surface area contributed by atoms with Crippen molar-refractivity contribution in [2.45, 2.75) is 12.8 Å². The van der Waals surface area contributed by atoms with Crippen LogP contribution in [0.4, 0.5) is 0 Å². The molecule has 2 atom stereocenters. The minimum atomic E-state index is 0.130. The summed E-state index contributed by atoms with van der Waals surface area (Å²) in [5, 5.41) is 5.03. The van der Waals surface area contributed by atoms with Gasteiger partial charge in [0, 0.05) is 54.9 Å². The largest absolute Gasteiger partial charge is 0.461 e. The molecule has 224 valence electrons. The Morgan fingerprint density at radius 2 is 1.19 bits per heavy atom. The van der Waals surface area contributed by atoms with E-state index >= 15 is 0 Å². The molecule has 3 heterocycles. The van der Waals surface area contributed by atoms with E-state index in [1.54, 1.807) is 0 Å². The Balaban J connectivity index is 1.13. The van der Waals surface area contributed by atoms with Crippen LogP contribution in [0.2, 0.25) is 0 Å². The molecule has 1 aliphatic carbocycles. The van der Waals surface area contributed by atoms with Gasteiger partial charge in [0.25, 0.3) is 0 Å². The molecule has 0 radical (unpaired) electrons. The van der Waals surface area contributed by atoms with Crippen molar-refractivity contribution in [3.05, 3.63) is 161 Å². The SMILES string of the molecule is CC1C(n2c3ccccc3c3ccccc32)=CC=C2Oc3cc4c(cc3C21)c1cc(Br)ccc1n4-c1ccc(-c2ccccc2)cc1. The molecule has 4 heteroatoms. The van der Waals surface area contributed by atoms with Gasteiger partial charge in [0.2, 0.25) is 0 Å². The van der Waals surface area contributed by atoms with Crippen LogP contribution in [0, 0.1) is 5.92 Å². The summed E-state index contributed by atoms with van der Waals surface area (Å²) in [4.78, 5) is 0. The molecule has 2 aromatic heterocycles. The Bertz CT molecular complexity index is 2570. The zero-order valence-electron chi connectivity index (χ0n) is 25.7. The molecule has 47 heavy (non-hydrogen) atoms. The predicted molar refractivity (Wildman–Crippen MR) is 198 cm³/mol. The lowest BCUT2D eigenvalue weighted by Gasteiger charge is -2.27. The normalized spacial score (nSPS) is 17.1. The number of hydrogen-bond donors (Lipinski definition) is 0. The van der Waals surface area contributed by atoms with Crippen molar-refractivity contribution in [1.29, 1.82) is 0 Å². The Hall–Kier alpha value is -5.32. The second-order valence-electron chi connectivity index (χ2n) is 12.7. The van der Waals surface area contributed by atoms with Gasteiger partial charge in [-0.2, -0.15) is 0 Å². The summed E-state index contributed by atoms with van der Waals surface area (Å²) in [6.07, 6.45) is 4.46. The fraction of sp³-hybridized carbons (Fsp3) is 0.0698. The van der Waals surface area contributed by atoms with Crippen LogP contribution in [-0.4, -0.2) is 9.13 Å². The summed E-state index contributed by atoms with van der Waals surface area (Å²) in [5.41, 5.74) is 10.9. The van der Waals surface area contributed by atoms with Gasteiger partial charge in [0.05, 0.1) is 28.0 Å². The van der Waals surface area contributed by atoms with Crippen molar-refractivity contribution in [3.8, 4) is 22.6 Å². The van der Waals surface area contributed by atoms with Crippen LogP contribution >= 0.6 is 15.9 Å². The Kier molecular flexibility index (Phi) is 5.76. The van der Waals surface area contributed by atoms with Gasteiger partial charge in [-0.05, 0) is 71.8 Å². The molecule has 10 rings (SSSR count). The minimum absolute atomic E-state index is 0.130. The number of nitrogens with zero attached hydrogens (tertiary/aromatic N) is 2. The maximum Gasteiger partial charge on any atom is 0.133 e. The predicted octanol–water partition coefficient (Wildman–Crippen LogP) is 11.9. The molecule has 2 aliphatic rings. The summed E-state index contributed by atoms with van der Waals surface area (Å²) in [6.45, 7) is 2.35. The lowest BCUT2D eigenvalue weighted by molar-refractivity contribution is 0.405. The van der Waals surface area contributed by atoms with Crippen molar-refractivity contribution < 1.29 is 4.74 Å². The van der Waals surface area contributed by atoms with Crippen LogP contribution in [0.1, 0.15) is 18.4 Å². The number of halogens is 1. The highest BCUT2D eigenvalue weighted by Crippen LogP contribution is 2.53. The van der Waals surface area contributed by atoms with Crippen LogP contribution in [0.25, 0.3) is 66.1 Å². The van der Waals surface area contributed by atoms with E-state index in [0.717, 1.165) is 27.2 Å². The van der Waals surface area contributed by atoms with Crippen molar-refractivity contribution in [3.63, 3.8) is 0 Å². The molecular weight excluding hydrogens is 640 g/mol. The molecule has 8 aromatic rings. The lowest BCUT2D eigenvalue weighted by Crippen LogP contribution is -2.18. The quantitative estimate of drug-likeness (QED) is 0.183. The summed E-state index contributed by atoms with van der Waals surface area (Å²) in [6, 6.07) is 48.2. The molecule has 2 unspecified atom stereocenters. The highest BCUT2D eigenvalue weighted by molar-refractivity contribution is 9.10. The first-order chi connectivity index (χ1) is 23.1. The lowest BCUT2D eigenvalue weighted by atomic mass is 9.81. The Labute approximate surface area is 280 Å². The van der Waals surface area contributed by atoms with E-state index in [1.165, 1.54) is 60.5 Å². The van der Waals surface area contributed by atoms with E-state index in [9.17, 15) is 0 Å². The van der Waals surface area contributed by atoms with E-state index in [-0.39, 0.29) is 11.8 Å². The fourth-order valence-corrected chi connectivity index (χ4v) is 8.41. The smallest absolute Gasteiger partial charge is 0.133 e.